The summed E-state index contributed by atoms with van der Waals surface area (Å²) in [4.78, 5) is 10.1. The molecule has 1 aliphatic heterocycles. The second-order valence-electron chi connectivity index (χ2n) is 3.59. The van der Waals surface area contributed by atoms with E-state index in [1.165, 1.54) is 16.1 Å². The van der Waals surface area contributed by atoms with Crippen molar-refractivity contribution in [1.29, 1.82) is 0 Å². The summed E-state index contributed by atoms with van der Waals surface area (Å²) in [5.74, 6) is 1.39. The summed E-state index contributed by atoms with van der Waals surface area (Å²) >= 11 is 1.76. The first-order chi connectivity index (χ1) is 6.70. The van der Waals surface area contributed by atoms with Gasteiger partial charge in [0.1, 0.15) is 0 Å². The number of fused-ring (bicyclic) bond motifs is 1. The summed E-state index contributed by atoms with van der Waals surface area (Å²) in [5, 5.41) is 1.18. The number of aliphatic imine (C=N–C) groups is 1. The van der Waals surface area contributed by atoms with Crippen molar-refractivity contribution in [2.24, 2.45) is 10.7 Å². The lowest BCUT2D eigenvalue weighted by atomic mass is 10.2. The smallest absolute Gasteiger partial charge is 0.167 e. The number of rotatable bonds is 2. The number of thiazole rings is 1. The molecule has 0 unspecified atom stereocenters. The molecule has 0 fully saturated rings. The molecular weight excluding hydrogens is 194 g/mol. The molecule has 2 N–H and O–H groups in total. The fourth-order valence-corrected chi connectivity index (χ4v) is 2.38. The van der Waals surface area contributed by atoms with E-state index in [0.717, 1.165) is 18.0 Å². The highest BCUT2D eigenvalue weighted by Crippen LogP contribution is 2.34. The molecule has 0 saturated carbocycles. The van der Waals surface area contributed by atoms with Crippen LogP contribution in [-0.4, -0.2) is 10.7 Å². The summed E-state index contributed by atoms with van der Waals surface area (Å²) in [6.07, 6.45) is 4.25. The van der Waals surface area contributed by atoms with Crippen LogP contribution >= 0.6 is 11.3 Å². The molecule has 0 amide bonds. The van der Waals surface area contributed by atoms with Gasteiger partial charge in [-0.15, -0.1) is 11.3 Å². The van der Waals surface area contributed by atoms with E-state index in [-0.39, 0.29) is 0 Å². The number of nitrogens with zero attached hydrogens (tertiary/aromatic N) is 2. The van der Waals surface area contributed by atoms with Crippen LogP contribution in [0.15, 0.2) is 17.3 Å². The zero-order chi connectivity index (χ0) is 10.1. The van der Waals surface area contributed by atoms with Crippen molar-refractivity contribution in [3.63, 3.8) is 0 Å². The van der Waals surface area contributed by atoms with E-state index in [4.69, 9.17) is 5.73 Å². The maximum atomic E-state index is 5.31. The Hall–Kier alpha value is -1.16. The van der Waals surface area contributed by atoms with Gasteiger partial charge in [0, 0.05) is 18.1 Å². The molecule has 3 nitrogen and oxygen atoms in total. The van der Waals surface area contributed by atoms with Crippen LogP contribution in [0.25, 0.3) is 0 Å². The molecule has 0 saturated heterocycles. The first-order valence-corrected chi connectivity index (χ1v) is 5.47. The maximum absolute atomic E-state index is 5.31. The van der Waals surface area contributed by atoms with Crippen molar-refractivity contribution in [2.75, 3.05) is 0 Å². The van der Waals surface area contributed by atoms with Crippen molar-refractivity contribution in [2.45, 2.75) is 26.2 Å². The maximum Gasteiger partial charge on any atom is 0.167 e. The van der Waals surface area contributed by atoms with Gasteiger partial charge in [-0.05, 0) is 12.3 Å². The van der Waals surface area contributed by atoms with E-state index in [2.05, 4.69) is 23.8 Å². The molecule has 0 atom stereocenters. The summed E-state index contributed by atoms with van der Waals surface area (Å²) in [6, 6.07) is 0. The number of nitrogens with two attached hydrogens (primary N) is 1. The molecule has 0 spiro atoms. The van der Waals surface area contributed by atoms with Gasteiger partial charge in [0.25, 0.3) is 0 Å². The standard InChI is InChI=1S/C10H13N3S/c1-6(2)10-13-9-8(14-10)5-7(12-9)3-4-11/h3-4,6H,5,11H2,1-2H3. The Morgan fingerprint density at radius 2 is 2.29 bits per heavy atom. The molecule has 1 aromatic heterocycles. The first kappa shape index (κ1) is 9.40. The van der Waals surface area contributed by atoms with Gasteiger partial charge in [0.05, 0.1) is 9.88 Å². The third-order valence-corrected chi connectivity index (χ3v) is 3.41. The number of aromatic nitrogens is 1. The Kier molecular flexibility index (Phi) is 2.37. The molecule has 4 heteroatoms. The van der Waals surface area contributed by atoms with Gasteiger partial charge in [0.15, 0.2) is 5.82 Å². The average molecular weight is 207 g/mol. The van der Waals surface area contributed by atoms with Crippen molar-refractivity contribution < 1.29 is 0 Å². The number of allylic oxidation sites excluding steroid dienone is 1. The SMILES string of the molecule is CC(C)c1nc2c(s1)CC(C=CN)=N2. The second-order valence-corrected chi connectivity index (χ2v) is 4.71. The van der Waals surface area contributed by atoms with Gasteiger partial charge < -0.3 is 5.73 Å². The number of hydrogen-bond acceptors (Lipinski definition) is 4. The van der Waals surface area contributed by atoms with Crippen LogP contribution in [0.3, 0.4) is 0 Å². The molecule has 14 heavy (non-hydrogen) atoms. The normalized spacial score (nSPS) is 15.2. The third-order valence-electron chi connectivity index (χ3n) is 2.07. The number of hydrogen-bond donors (Lipinski definition) is 1. The molecule has 0 radical (unpaired) electrons. The molecule has 2 heterocycles. The molecule has 74 valence electrons. The highest BCUT2D eigenvalue weighted by Gasteiger charge is 2.19. The van der Waals surface area contributed by atoms with Gasteiger partial charge in [-0.25, -0.2) is 9.98 Å². The molecule has 0 aliphatic carbocycles. The molecule has 1 aliphatic rings. The van der Waals surface area contributed by atoms with E-state index >= 15 is 0 Å². The van der Waals surface area contributed by atoms with Gasteiger partial charge in [0.2, 0.25) is 0 Å². The van der Waals surface area contributed by atoms with Crippen LogP contribution in [0.2, 0.25) is 0 Å². The Morgan fingerprint density at radius 1 is 1.50 bits per heavy atom. The minimum Gasteiger partial charge on any atom is -0.405 e. The molecule has 0 aromatic carbocycles. The van der Waals surface area contributed by atoms with E-state index in [1.54, 1.807) is 11.3 Å². The molecule has 1 aromatic rings. The fraction of sp³-hybridized carbons (Fsp3) is 0.400. The molecule has 2 rings (SSSR count). The minimum absolute atomic E-state index is 0.495. The fourth-order valence-electron chi connectivity index (χ4n) is 1.36. The predicted octanol–water partition coefficient (Wildman–Crippen LogP) is 2.37. The van der Waals surface area contributed by atoms with Gasteiger partial charge >= 0.3 is 0 Å². The Balaban J connectivity index is 2.28. The van der Waals surface area contributed by atoms with E-state index < -0.39 is 0 Å². The largest absolute Gasteiger partial charge is 0.405 e. The van der Waals surface area contributed by atoms with Crippen LogP contribution < -0.4 is 5.73 Å². The van der Waals surface area contributed by atoms with Crippen LogP contribution in [0.4, 0.5) is 5.82 Å². The first-order valence-electron chi connectivity index (χ1n) is 4.66. The second kappa shape index (κ2) is 3.53. The lowest BCUT2D eigenvalue weighted by Crippen LogP contribution is -1.93. The average Bonchev–Trinajstić information content (AvgIpc) is 2.61. The van der Waals surface area contributed by atoms with Crippen LogP contribution in [0.5, 0.6) is 0 Å². The highest BCUT2D eigenvalue weighted by molar-refractivity contribution is 7.12. The van der Waals surface area contributed by atoms with Crippen molar-refractivity contribution >= 4 is 22.9 Å². The molecular formula is C10H13N3S. The zero-order valence-corrected chi connectivity index (χ0v) is 9.14. The van der Waals surface area contributed by atoms with Crippen LogP contribution in [0.1, 0.15) is 29.7 Å². The third kappa shape index (κ3) is 1.57. The monoisotopic (exact) mass is 207 g/mol. The molecule has 0 bridgehead atoms. The topological polar surface area (TPSA) is 51.3 Å². The quantitative estimate of drug-likeness (QED) is 0.809. The van der Waals surface area contributed by atoms with Gasteiger partial charge in [-0.2, -0.15) is 0 Å². The minimum atomic E-state index is 0.495. The summed E-state index contributed by atoms with van der Waals surface area (Å²) < 4.78 is 0. The highest BCUT2D eigenvalue weighted by atomic mass is 32.1. The summed E-state index contributed by atoms with van der Waals surface area (Å²) in [5.41, 5.74) is 6.32. The Labute approximate surface area is 87.4 Å². The van der Waals surface area contributed by atoms with Gasteiger partial charge in [-0.3, -0.25) is 0 Å². The van der Waals surface area contributed by atoms with E-state index in [9.17, 15) is 0 Å². The van der Waals surface area contributed by atoms with E-state index in [0.29, 0.717) is 5.92 Å². The summed E-state index contributed by atoms with van der Waals surface area (Å²) in [6.45, 7) is 4.30. The van der Waals surface area contributed by atoms with Crippen molar-refractivity contribution in [3.05, 3.63) is 22.2 Å². The lowest BCUT2D eigenvalue weighted by molar-refractivity contribution is 0.853. The Bertz CT molecular complexity index is 401. The predicted molar refractivity (Wildman–Crippen MR) is 60.3 cm³/mol. The zero-order valence-electron chi connectivity index (χ0n) is 8.32. The van der Waals surface area contributed by atoms with Crippen molar-refractivity contribution in [1.82, 2.24) is 4.98 Å². The summed E-state index contributed by atoms with van der Waals surface area (Å²) in [7, 11) is 0. The lowest BCUT2D eigenvalue weighted by Gasteiger charge is -1.96. The van der Waals surface area contributed by atoms with E-state index in [1.807, 2.05) is 6.08 Å². The van der Waals surface area contributed by atoms with Crippen molar-refractivity contribution in [3.8, 4) is 0 Å². The Morgan fingerprint density at radius 3 is 2.86 bits per heavy atom. The van der Waals surface area contributed by atoms with Crippen LogP contribution in [0, 0.1) is 0 Å². The van der Waals surface area contributed by atoms with Gasteiger partial charge in [-0.1, -0.05) is 13.8 Å². The van der Waals surface area contributed by atoms with Crippen LogP contribution in [-0.2, 0) is 6.42 Å².